The van der Waals surface area contributed by atoms with Crippen LogP contribution in [0.4, 0.5) is 11.4 Å². The number of benzene rings is 1. The van der Waals surface area contributed by atoms with Gasteiger partial charge in [-0.25, -0.2) is 0 Å². The molecule has 3 N–H and O–H groups in total. The van der Waals surface area contributed by atoms with E-state index in [1.165, 1.54) is 11.1 Å². The first-order chi connectivity index (χ1) is 7.25. The molecule has 15 heavy (non-hydrogen) atoms. The molecule has 1 aromatic carbocycles. The molecular weight excluding hydrogens is 204 g/mol. The number of nitrogens with two attached hydrogens (primary N) is 1. The van der Waals surface area contributed by atoms with Crippen LogP contribution in [0.2, 0.25) is 0 Å². The lowest BCUT2D eigenvalue weighted by atomic mass is 10.2. The van der Waals surface area contributed by atoms with E-state index < -0.39 is 0 Å². The van der Waals surface area contributed by atoms with Crippen molar-refractivity contribution in [1.29, 1.82) is 0 Å². The summed E-state index contributed by atoms with van der Waals surface area (Å²) in [6, 6.07) is 7.81. The van der Waals surface area contributed by atoms with Gasteiger partial charge in [-0.05, 0) is 53.1 Å². The standard InChI is InChI=1S/C12H14N2S/c1-9-7-15-8-10(9)6-14-12-4-2-11(13)3-5-12/h2-5,7-8,14H,6,13H2,1H3. The minimum Gasteiger partial charge on any atom is -0.399 e. The maximum absolute atomic E-state index is 5.62. The first-order valence-electron chi connectivity index (χ1n) is 4.87. The van der Waals surface area contributed by atoms with E-state index in [1.54, 1.807) is 11.3 Å². The monoisotopic (exact) mass is 218 g/mol. The molecule has 2 nitrogen and oxygen atoms in total. The Labute approximate surface area is 93.7 Å². The maximum atomic E-state index is 5.62. The summed E-state index contributed by atoms with van der Waals surface area (Å²) in [5, 5.41) is 7.71. The highest BCUT2D eigenvalue weighted by Crippen LogP contribution is 2.16. The third-order valence-electron chi connectivity index (χ3n) is 2.36. The van der Waals surface area contributed by atoms with E-state index in [0.717, 1.165) is 17.9 Å². The molecule has 3 heteroatoms. The van der Waals surface area contributed by atoms with Crippen molar-refractivity contribution in [3.63, 3.8) is 0 Å². The molecule has 0 spiro atoms. The van der Waals surface area contributed by atoms with Crippen LogP contribution in [-0.2, 0) is 6.54 Å². The van der Waals surface area contributed by atoms with E-state index in [9.17, 15) is 0 Å². The summed E-state index contributed by atoms with van der Waals surface area (Å²) >= 11 is 1.74. The first kappa shape index (κ1) is 10.1. The lowest BCUT2D eigenvalue weighted by Crippen LogP contribution is -1.99. The van der Waals surface area contributed by atoms with Crippen LogP contribution in [0, 0.1) is 6.92 Å². The van der Waals surface area contributed by atoms with Crippen LogP contribution in [-0.4, -0.2) is 0 Å². The SMILES string of the molecule is Cc1cscc1CNc1ccc(N)cc1. The van der Waals surface area contributed by atoms with E-state index in [-0.39, 0.29) is 0 Å². The van der Waals surface area contributed by atoms with Gasteiger partial charge in [-0.15, -0.1) is 0 Å². The molecule has 0 saturated carbocycles. The quantitative estimate of drug-likeness (QED) is 0.776. The molecule has 0 aliphatic rings. The Morgan fingerprint density at radius 3 is 2.53 bits per heavy atom. The Hall–Kier alpha value is -1.48. The topological polar surface area (TPSA) is 38.0 Å². The van der Waals surface area contributed by atoms with Crippen molar-refractivity contribution in [2.45, 2.75) is 13.5 Å². The van der Waals surface area contributed by atoms with E-state index in [0.29, 0.717) is 0 Å². The fourth-order valence-electron chi connectivity index (χ4n) is 1.37. The molecule has 0 fully saturated rings. The highest BCUT2D eigenvalue weighted by atomic mass is 32.1. The highest BCUT2D eigenvalue weighted by Gasteiger charge is 1.98. The Morgan fingerprint density at radius 1 is 1.20 bits per heavy atom. The molecule has 0 saturated heterocycles. The third-order valence-corrected chi connectivity index (χ3v) is 3.27. The molecule has 0 aliphatic heterocycles. The second kappa shape index (κ2) is 4.36. The second-order valence-electron chi connectivity index (χ2n) is 3.56. The normalized spacial score (nSPS) is 10.2. The number of hydrogen-bond donors (Lipinski definition) is 2. The zero-order valence-electron chi connectivity index (χ0n) is 8.66. The molecule has 1 heterocycles. The van der Waals surface area contributed by atoms with Gasteiger partial charge in [0.15, 0.2) is 0 Å². The largest absolute Gasteiger partial charge is 0.399 e. The average molecular weight is 218 g/mol. The first-order valence-corrected chi connectivity index (χ1v) is 5.81. The van der Waals surface area contributed by atoms with Gasteiger partial charge in [0, 0.05) is 17.9 Å². The lowest BCUT2D eigenvalue weighted by molar-refractivity contribution is 1.14. The number of hydrogen-bond acceptors (Lipinski definition) is 3. The van der Waals surface area contributed by atoms with Gasteiger partial charge in [-0.1, -0.05) is 0 Å². The number of nitrogens with one attached hydrogen (secondary N) is 1. The van der Waals surface area contributed by atoms with Gasteiger partial charge in [-0.2, -0.15) is 11.3 Å². The Kier molecular flexibility index (Phi) is 2.92. The molecule has 0 atom stereocenters. The summed E-state index contributed by atoms with van der Waals surface area (Å²) in [6.07, 6.45) is 0. The molecule has 0 aliphatic carbocycles. The second-order valence-corrected chi connectivity index (χ2v) is 4.30. The van der Waals surface area contributed by atoms with Crippen molar-refractivity contribution in [2.75, 3.05) is 11.1 Å². The number of anilines is 2. The minimum atomic E-state index is 0.798. The molecule has 0 unspecified atom stereocenters. The summed E-state index contributed by atoms with van der Waals surface area (Å²) in [7, 11) is 0. The molecule has 1 aromatic heterocycles. The molecular formula is C12H14N2S. The van der Waals surface area contributed by atoms with E-state index in [2.05, 4.69) is 23.0 Å². The van der Waals surface area contributed by atoms with Crippen molar-refractivity contribution < 1.29 is 0 Å². The average Bonchev–Trinajstić information content (AvgIpc) is 2.63. The van der Waals surface area contributed by atoms with Crippen molar-refractivity contribution in [1.82, 2.24) is 0 Å². The summed E-state index contributed by atoms with van der Waals surface area (Å²) in [5.41, 5.74) is 10.2. The summed E-state index contributed by atoms with van der Waals surface area (Å²) < 4.78 is 0. The van der Waals surface area contributed by atoms with Crippen molar-refractivity contribution in [3.05, 3.63) is 46.2 Å². The molecule has 2 aromatic rings. The molecule has 78 valence electrons. The zero-order valence-corrected chi connectivity index (χ0v) is 9.47. The van der Waals surface area contributed by atoms with Gasteiger partial charge < -0.3 is 11.1 Å². The summed E-state index contributed by atoms with van der Waals surface area (Å²) in [6.45, 7) is 3.01. The minimum absolute atomic E-state index is 0.798. The van der Waals surface area contributed by atoms with Crippen molar-refractivity contribution >= 4 is 22.7 Å². The van der Waals surface area contributed by atoms with Gasteiger partial charge in [0.25, 0.3) is 0 Å². The predicted molar refractivity (Wildman–Crippen MR) is 67.2 cm³/mol. The smallest absolute Gasteiger partial charge is 0.0411 e. The summed E-state index contributed by atoms with van der Waals surface area (Å²) in [5.74, 6) is 0. The predicted octanol–water partition coefficient (Wildman–Crippen LogP) is 3.25. The van der Waals surface area contributed by atoms with Crippen LogP contribution in [0.3, 0.4) is 0 Å². The zero-order chi connectivity index (χ0) is 10.7. The van der Waals surface area contributed by atoms with Gasteiger partial charge in [0.2, 0.25) is 0 Å². The Balaban J connectivity index is 1.99. The van der Waals surface area contributed by atoms with E-state index >= 15 is 0 Å². The summed E-state index contributed by atoms with van der Waals surface area (Å²) in [4.78, 5) is 0. The maximum Gasteiger partial charge on any atom is 0.0411 e. The van der Waals surface area contributed by atoms with Crippen LogP contribution < -0.4 is 11.1 Å². The Bertz CT molecular complexity index is 431. The fraction of sp³-hybridized carbons (Fsp3) is 0.167. The molecule has 0 bridgehead atoms. The van der Waals surface area contributed by atoms with E-state index in [1.807, 2.05) is 24.3 Å². The van der Waals surface area contributed by atoms with Crippen molar-refractivity contribution in [3.8, 4) is 0 Å². The Morgan fingerprint density at radius 2 is 1.93 bits per heavy atom. The highest BCUT2D eigenvalue weighted by molar-refractivity contribution is 7.08. The third kappa shape index (κ3) is 2.50. The molecule has 0 amide bonds. The van der Waals surface area contributed by atoms with Crippen LogP contribution in [0.1, 0.15) is 11.1 Å². The van der Waals surface area contributed by atoms with E-state index in [4.69, 9.17) is 5.73 Å². The molecule has 2 rings (SSSR count). The van der Waals surface area contributed by atoms with Gasteiger partial charge >= 0.3 is 0 Å². The van der Waals surface area contributed by atoms with Gasteiger partial charge in [0.05, 0.1) is 0 Å². The van der Waals surface area contributed by atoms with Crippen LogP contribution >= 0.6 is 11.3 Å². The number of nitrogen functional groups attached to an aromatic ring is 1. The van der Waals surface area contributed by atoms with Crippen molar-refractivity contribution in [2.24, 2.45) is 0 Å². The van der Waals surface area contributed by atoms with Crippen LogP contribution in [0.5, 0.6) is 0 Å². The lowest BCUT2D eigenvalue weighted by Gasteiger charge is -2.06. The van der Waals surface area contributed by atoms with Gasteiger partial charge in [0.1, 0.15) is 0 Å². The molecule has 0 radical (unpaired) electrons. The number of thiophene rings is 1. The fourth-order valence-corrected chi connectivity index (χ4v) is 2.22. The van der Waals surface area contributed by atoms with Crippen LogP contribution in [0.25, 0.3) is 0 Å². The van der Waals surface area contributed by atoms with Gasteiger partial charge in [-0.3, -0.25) is 0 Å². The number of rotatable bonds is 3. The number of aryl methyl sites for hydroxylation is 1. The van der Waals surface area contributed by atoms with Crippen LogP contribution in [0.15, 0.2) is 35.0 Å².